The molecule has 0 atom stereocenters. The third-order valence-corrected chi connectivity index (χ3v) is 10.9. The van der Waals surface area contributed by atoms with E-state index in [9.17, 15) is 0 Å². The van der Waals surface area contributed by atoms with Gasteiger partial charge in [0.15, 0.2) is 0 Å². The maximum atomic E-state index is 6.46. The summed E-state index contributed by atoms with van der Waals surface area (Å²) in [6.45, 7) is 18.8. The Kier molecular flexibility index (Phi) is 18.8. The first kappa shape index (κ1) is 30.2. The van der Waals surface area contributed by atoms with Crippen LogP contribution < -0.4 is 0 Å². The Labute approximate surface area is 188 Å². The number of hydrogen-bond donors (Lipinski definition) is 0. The molecule has 0 aliphatic carbocycles. The first-order valence-corrected chi connectivity index (χ1v) is 15.5. The number of hydrogen-bond acceptors (Lipinski definition) is 7. The highest BCUT2D eigenvalue weighted by atomic mass is 28.5. The third kappa shape index (κ3) is 10.2. The van der Waals surface area contributed by atoms with E-state index in [1.54, 1.807) is 0 Å². The highest BCUT2D eigenvalue weighted by Gasteiger charge is 2.64. The van der Waals surface area contributed by atoms with Crippen molar-refractivity contribution in [1.82, 2.24) is 4.23 Å². The maximum absolute atomic E-state index is 6.46. The zero-order valence-electron chi connectivity index (χ0n) is 20.8. The highest BCUT2D eigenvalue weighted by molar-refractivity contribution is 6.75. The monoisotopic (exact) mass is 467 g/mol. The molecule has 0 aromatic rings. The lowest BCUT2D eigenvalue weighted by molar-refractivity contribution is -0.0278. The predicted molar refractivity (Wildman–Crippen MR) is 126 cm³/mol. The molecule has 0 heterocycles. The van der Waals surface area contributed by atoms with E-state index in [1.807, 2.05) is 0 Å². The van der Waals surface area contributed by atoms with Crippen LogP contribution in [0.3, 0.4) is 0 Å². The van der Waals surface area contributed by atoms with Crippen LogP contribution in [0.2, 0.25) is 0 Å². The molecule has 0 spiro atoms. The Morgan fingerprint density at radius 1 is 0.400 bits per heavy atom. The van der Waals surface area contributed by atoms with E-state index in [2.05, 4.69) is 52.7 Å². The first-order chi connectivity index (χ1) is 14.6. The molecule has 0 rings (SSSR count). The van der Waals surface area contributed by atoms with Crippen molar-refractivity contribution < 1.29 is 26.6 Å². The maximum Gasteiger partial charge on any atom is 0.598 e. The molecule has 0 aromatic carbocycles. The molecule has 0 aromatic heterocycles. The lowest BCUT2D eigenvalue weighted by atomic mass is 10.5. The van der Waals surface area contributed by atoms with Crippen molar-refractivity contribution in [2.24, 2.45) is 0 Å². The van der Waals surface area contributed by atoms with Gasteiger partial charge in [0, 0.05) is 39.6 Å². The van der Waals surface area contributed by atoms with Gasteiger partial charge in [0.1, 0.15) is 0 Å². The quantitative estimate of drug-likeness (QED) is 0.205. The summed E-state index contributed by atoms with van der Waals surface area (Å²) in [6, 6.07) is 0. The minimum atomic E-state index is -3.27. The standard InChI is InChI=1S/C21H49NO6Si2/c1-8-15-22(29(23-16-9-2,24-17-10-3)25-18-11-4)30(26-19-12-5,27-20-13-6)28-21-14-7/h8-21H2,1-7H3. The normalized spacial score (nSPS) is 12.8. The second kappa shape index (κ2) is 18.7. The van der Waals surface area contributed by atoms with Crippen molar-refractivity contribution in [3.63, 3.8) is 0 Å². The lowest BCUT2D eigenvalue weighted by Gasteiger charge is -2.45. The van der Waals surface area contributed by atoms with Crippen molar-refractivity contribution >= 4 is 17.9 Å². The summed E-state index contributed by atoms with van der Waals surface area (Å²) in [6.07, 6.45) is 6.20. The van der Waals surface area contributed by atoms with Crippen LogP contribution in [-0.2, 0) is 26.6 Å². The second-order valence-electron chi connectivity index (χ2n) is 7.29. The van der Waals surface area contributed by atoms with Gasteiger partial charge in [-0.1, -0.05) is 48.5 Å². The Morgan fingerprint density at radius 3 is 0.800 bits per heavy atom. The summed E-state index contributed by atoms with van der Waals surface area (Å²) in [5.41, 5.74) is 0. The molecule has 182 valence electrons. The van der Waals surface area contributed by atoms with Crippen molar-refractivity contribution in [2.75, 3.05) is 46.2 Å². The van der Waals surface area contributed by atoms with Gasteiger partial charge in [0.2, 0.25) is 0 Å². The summed E-state index contributed by atoms with van der Waals surface area (Å²) in [5, 5.41) is 0. The molecule has 0 N–H and O–H groups in total. The molecule has 0 amide bonds. The molecule has 0 fully saturated rings. The van der Waals surface area contributed by atoms with E-state index in [-0.39, 0.29) is 0 Å². The number of rotatable bonds is 22. The van der Waals surface area contributed by atoms with Crippen LogP contribution in [0.4, 0.5) is 0 Å². The topological polar surface area (TPSA) is 58.6 Å². The molecule has 9 heteroatoms. The van der Waals surface area contributed by atoms with Gasteiger partial charge < -0.3 is 26.6 Å². The van der Waals surface area contributed by atoms with E-state index in [4.69, 9.17) is 26.6 Å². The van der Waals surface area contributed by atoms with Gasteiger partial charge >= 0.3 is 17.9 Å². The smallest absolute Gasteiger partial charge is 0.361 e. The highest BCUT2D eigenvalue weighted by Crippen LogP contribution is 2.28. The van der Waals surface area contributed by atoms with Gasteiger partial charge in [-0.15, -0.1) is 0 Å². The molecule has 0 aliphatic rings. The van der Waals surface area contributed by atoms with Gasteiger partial charge in [-0.3, -0.25) is 0 Å². The fourth-order valence-electron chi connectivity index (χ4n) is 2.77. The van der Waals surface area contributed by atoms with E-state index in [0.29, 0.717) is 46.2 Å². The largest absolute Gasteiger partial charge is 0.598 e. The van der Waals surface area contributed by atoms with Crippen molar-refractivity contribution in [1.29, 1.82) is 0 Å². The van der Waals surface area contributed by atoms with Crippen molar-refractivity contribution in [3.8, 4) is 0 Å². The Bertz CT molecular complexity index is 317. The molecular formula is C21H49NO6Si2. The van der Waals surface area contributed by atoms with Crippen LogP contribution in [0.5, 0.6) is 0 Å². The van der Waals surface area contributed by atoms with Crippen molar-refractivity contribution in [3.05, 3.63) is 0 Å². The average molecular weight is 468 g/mol. The molecule has 0 radical (unpaired) electrons. The predicted octanol–water partition coefficient (Wildman–Crippen LogP) is 5.13. The molecule has 30 heavy (non-hydrogen) atoms. The summed E-state index contributed by atoms with van der Waals surface area (Å²) >= 11 is 0. The summed E-state index contributed by atoms with van der Waals surface area (Å²) in [5.74, 6) is 0. The SMILES string of the molecule is CCCO[Si](OCCC)(OCCC)N(CCC)[Si](OCCC)(OCCC)OCCC. The fraction of sp³-hybridized carbons (Fsp3) is 1.00. The molecule has 0 bridgehead atoms. The molecule has 0 unspecified atom stereocenters. The van der Waals surface area contributed by atoms with E-state index >= 15 is 0 Å². The minimum absolute atomic E-state index is 0.569. The molecule has 0 saturated carbocycles. The molecule has 0 saturated heterocycles. The van der Waals surface area contributed by atoms with E-state index in [0.717, 1.165) is 44.9 Å². The zero-order valence-corrected chi connectivity index (χ0v) is 22.8. The fourth-order valence-corrected chi connectivity index (χ4v) is 10.5. The first-order valence-electron chi connectivity index (χ1n) is 12.2. The summed E-state index contributed by atoms with van der Waals surface area (Å²) in [4.78, 5) is 0. The van der Waals surface area contributed by atoms with E-state index in [1.165, 1.54) is 0 Å². The van der Waals surface area contributed by atoms with Crippen LogP contribution in [0.25, 0.3) is 0 Å². The third-order valence-electron chi connectivity index (χ3n) is 4.04. The van der Waals surface area contributed by atoms with Crippen molar-refractivity contribution in [2.45, 2.75) is 93.4 Å². The number of nitrogens with zero attached hydrogens (tertiary/aromatic N) is 1. The zero-order chi connectivity index (χ0) is 22.7. The summed E-state index contributed by atoms with van der Waals surface area (Å²) < 4.78 is 40.9. The second-order valence-corrected chi connectivity index (χ2v) is 12.6. The molecule has 7 nitrogen and oxygen atoms in total. The molecular weight excluding hydrogens is 418 g/mol. The van der Waals surface area contributed by atoms with Crippen LogP contribution in [-0.4, -0.2) is 68.3 Å². The van der Waals surface area contributed by atoms with Crippen LogP contribution >= 0.6 is 0 Å². The minimum Gasteiger partial charge on any atom is -0.361 e. The van der Waals surface area contributed by atoms with Crippen LogP contribution in [0.15, 0.2) is 0 Å². The van der Waals surface area contributed by atoms with Gasteiger partial charge in [-0.05, 0) is 51.5 Å². The Hall–Kier alpha value is 0.154. The van der Waals surface area contributed by atoms with E-state index < -0.39 is 17.9 Å². The van der Waals surface area contributed by atoms with Gasteiger partial charge in [0.05, 0.1) is 0 Å². The Balaban J connectivity index is 6.37. The average Bonchev–Trinajstić information content (AvgIpc) is 2.77. The van der Waals surface area contributed by atoms with Crippen LogP contribution in [0.1, 0.15) is 93.4 Å². The van der Waals surface area contributed by atoms with Gasteiger partial charge in [0.25, 0.3) is 0 Å². The van der Waals surface area contributed by atoms with Gasteiger partial charge in [-0.25, -0.2) is 4.23 Å². The lowest BCUT2D eigenvalue weighted by Crippen LogP contribution is -2.75. The Morgan fingerprint density at radius 2 is 0.633 bits per heavy atom. The van der Waals surface area contributed by atoms with Gasteiger partial charge in [-0.2, -0.15) is 0 Å². The summed E-state index contributed by atoms with van der Waals surface area (Å²) in [7, 11) is -6.55. The molecule has 0 aliphatic heterocycles. The van der Waals surface area contributed by atoms with Crippen LogP contribution in [0, 0.1) is 0 Å².